The van der Waals surface area contributed by atoms with Crippen LogP contribution in [0.25, 0.3) is 0 Å². The Kier molecular flexibility index (Phi) is 9.86. The molecule has 5 N–H and O–H groups in total. The molecule has 0 saturated carbocycles. The van der Waals surface area contributed by atoms with Crippen molar-refractivity contribution >= 4 is 46.5 Å². The zero-order valence-corrected chi connectivity index (χ0v) is 20.1. The van der Waals surface area contributed by atoms with Crippen LogP contribution in [0.2, 0.25) is 0 Å². The van der Waals surface area contributed by atoms with Crippen molar-refractivity contribution in [3.05, 3.63) is 54.1 Å². The van der Waals surface area contributed by atoms with E-state index in [-0.39, 0.29) is 18.2 Å². The molecule has 0 spiro atoms. The number of likely N-dealkylation sites (tertiary alicyclic amines) is 1. The van der Waals surface area contributed by atoms with Gasteiger partial charge in [-0.05, 0) is 36.2 Å². The number of carboxylic acids is 2. The van der Waals surface area contributed by atoms with Gasteiger partial charge in [0.2, 0.25) is 11.8 Å². The molecule has 1 fully saturated rings. The van der Waals surface area contributed by atoms with E-state index in [9.17, 15) is 19.2 Å². The maximum Gasteiger partial charge on any atom is 0.326 e. The van der Waals surface area contributed by atoms with Crippen LogP contribution in [0.1, 0.15) is 25.8 Å². The first kappa shape index (κ1) is 27.4. The average molecular weight is 502 g/mol. The van der Waals surface area contributed by atoms with E-state index < -0.39 is 24.0 Å². The van der Waals surface area contributed by atoms with E-state index in [1.54, 1.807) is 48.5 Å². The van der Waals surface area contributed by atoms with Crippen LogP contribution in [-0.2, 0) is 25.6 Å². The maximum absolute atomic E-state index is 11.2. The SMILES string of the molecule is CC(=O)N1CC(=S)C[C@H]1C(=O)O.CC(=O)Nc1ccccc1Oc1ccc(C[C@H](N)C(=O)O)cc1. The Balaban J connectivity index is 0.000000303. The summed E-state index contributed by atoms with van der Waals surface area (Å²) in [4.78, 5) is 45.4. The Morgan fingerprint density at radius 2 is 1.74 bits per heavy atom. The molecule has 10 nitrogen and oxygen atoms in total. The number of para-hydroxylation sites is 2. The van der Waals surface area contributed by atoms with Gasteiger partial charge >= 0.3 is 11.9 Å². The third-order valence-corrected chi connectivity index (χ3v) is 5.25. The second-order valence-electron chi connectivity index (χ2n) is 7.82. The lowest BCUT2D eigenvalue weighted by molar-refractivity contribution is -0.147. The molecule has 3 rings (SSSR count). The molecule has 11 heteroatoms. The molecule has 1 aliphatic rings. The van der Waals surface area contributed by atoms with E-state index in [1.165, 1.54) is 18.7 Å². The lowest BCUT2D eigenvalue weighted by Gasteiger charge is -2.18. The minimum atomic E-state index is -1.03. The van der Waals surface area contributed by atoms with Gasteiger partial charge in [-0.15, -0.1) is 0 Å². The Hall–Kier alpha value is -3.83. The van der Waals surface area contributed by atoms with Crippen LogP contribution in [0, 0.1) is 0 Å². The molecule has 2 aromatic rings. The van der Waals surface area contributed by atoms with E-state index in [0.29, 0.717) is 35.0 Å². The topological polar surface area (TPSA) is 159 Å². The van der Waals surface area contributed by atoms with E-state index >= 15 is 0 Å². The highest BCUT2D eigenvalue weighted by Crippen LogP contribution is 2.29. The van der Waals surface area contributed by atoms with Gasteiger partial charge in [-0.2, -0.15) is 0 Å². The molecular weight excluding hydrogens is 474 g/mol. The van der Waals surface area contributed by atoms with Crippen molar-refractivity contribution in [2.75, 3.05) is 11.9 Å². The highest BCUT2D eigenvalue weighted by Gasteiger charge is 2.34. The number of thiocarbonyl (C=S) groups is 1. The molecule has 0 aromatic heterocycles. The van der Waals surface area contributed by atoms with Crippen LogP contribution in [0.3, 0.4) is 0 Å². The van der Waals surface area contributed by atoms with Crippen molar-refractivity contribution in [1.82, 2.24) is 4.90 Å². The number of hydrogen-bond donors (Lipinski definition) is 4. The molecule has 35 heavy (non-hydrogen) atoms. The normalized spacial score (nSPS) is 15.5. The third kappa shape index (κ3) is 8.47. The van der Waals surface area contributed by atoms with Crippen molar-refractivity contribution in [2.45, 2.75) is 38.8 Å². The zero-order valence-electron chi connectivity index (χ0n) is 19.3. The first-order chi connectivity index (χ1) is 16.5. The monoisotopic (exact) mass is 501 g/mol. The van der Waals surface area contributed by atoms with Gasteiger partial charge in [0.05, 0.1) is 12.2 Å². The quantitative estimate of drug-likeness (QED) is 0.418. The number of hydrogen-bond acceptors (Lipinski definition) is 7. The molecule has 0 radical (unpaired) electrons. The molecule has 0 aliphatic carbocycles. The van der Waals surface area contributed by atoms with E-state index in [1.807, 2.05) is 0 Å². The number of amides is 2. The summed E-state index contributed by atoms with van der Waals surface area (Å²) in [7, 11) is 0. The van der Waals surface area contributed by atoms with Gasteiger partial charge in [0.1, 0.15) is 17.8 Å². The summed E-state index contributed by atoms with van der Waals surface area (Å²) in [6.45, 7) is 3.09. The molecular formula is C24H27N3O7S. The van der Waals surface area contributed by atoms with Crippen molar-refractivity contribution in [2.24, 2.45) is 5.73 Å². The van der Waals surface area contributed by atoms with Gasteiger partial charge in [-0.3, -0.25) is 14.4 Å². The molecule has 0 bridgehead atoms. The van der Waals surface area contributed by atoms with Crippen LogP contribution in [0.15, 0.2) is 48.5 Å². The molecule has 2 amide bonds. The summed E-state index contributed by atoms with van der Waals surface area (Å²) in [5.74, 6) is -1.32. The van der Waals surface area contributed by atoms with Crippen molar-refractivity contribution in [3.8, 4) is 11.5 Å². The van der Waals surface area contributed by atoms with Gasteiger partial charge in [0, 0.05) is 25.1 Å². The van der Waals surface area contributed by atoms with Crippen LogP contribution < -0.4 is 15.8 Å². The van der Waals surface area contributed by atoms with E-state index in [2.05, 4.69) is 5.32 Å². The number of ether oxygens (including phenoxy) is 1. The molecule has 0 unspecified atom stereocenters. The lowest BCUT2D eigenvalue weighted by atomic mass is 10.1. The standard InChI is InChI=1S/C17H18N2O4.C7H9NO3S/c1-11(20)19-15-4-2-3-5-16(15)23-13-8-6-12(7-9-13)10-14(18)17(21)22;1-4(9)8-3-5(12)2-6(8)7(10)11/h2-9,14H,10,18H2,1H3,(H,19,20)(H,21,22);6H,2-3H2,1H3,(H,10,11)/t14-;6-/m00/s1. The van der Waals surface area contributed by atoms with Gasteiger partial charge in [0.15, 0.2) is 5.75 Å². The van der Waals surface area contributed by atoms with E-state index in [0.717, 1.165) is 5.56 Å². The second kappa shape index (κ2) is 12.6. The minimum absolute atomic E-state index is 0.181. The first-order valence-electron chi connectivity index (χ1n) is 10.6. The predicted molar refractivity (Wildman–Crippen MR) is 133 cm³/mol. The van der Waals surface area contributed by atoms with Crippen LogP contribution >= 0.6 is 12.2 Å². The number of aliphatic carboxylic acids is 2. The Bertz CT molecular complexity index is 1080. The number of carbonyl (C=O) groups is 4. The number of nitrogens with zero attached hydrogens (tertiary/aromatic N) is 1. The van der Waals surface area contributed by atoms with Crippen LogP contribution in [-0.4, -0.2) is 62.4 Å². The summed E-state index contributed by atoms with van der Waals surface area (Å²) in [6, 6.07) is 12.4. The highest BCUT2D eigenvalue weighted by atomic mass is 32.1. The van der Waals surface area contributed by atoms with Crippen molar-refractivity contribution in [3.63, 3.8) is 0 Å². The number of nitrogens with one attached hydrogen (secondary N) is 1. The van der Waals surface area contributed by atoms with E-state index in [4.69, 9.17) is 32.9 Å². The number of carboxylic acid groups (broad SMARTS) is 2. The zero-order chi connectivity index (χ0) is 26.1. The average Bonchev–Trinajstić information content (AvgIpc) is 3.19. The van der Waals surface area contributed by atoms with Gasteiger partial charge < -0.3 is 30.9 Å². The summed E-state index contributed by atoms with van der Waals surface area (Å²) in [5.41, 5.74) is 6.89. The number of anilines is 1. The Morgan fingerprint density at radius 1 is 1.11 bits per heavy atom. The number of nitrogens with two attached hydrogens (primary N) is 1. The largest absolute Gasteiger partial charge is 0.480 e. The predicted octanol–water partition coefficient (Wildman–Crippen LogP) is 2.45. The fraction of sp³-hybridized carbons (Fsp3) is 0.292. The molecule has 1 aliphatic heterocycles. The lowest BCUT2D eigenvalue weighted by Crippen LogP contribution is -2.39. The third-order valence-electron chi connectivity index (χ3n) is 4.96. The minimum Gasteiger partial charge on any atom is -0.480 e. The van der Waals surface area contributed by atoms with Crippen LogP contribution in [0.4, 0.5) is 5.69 Å². The van der Waals surface area contributed by atoms with Gasteiger partial charge in [-0.1, -0.05) is 36.5 Å². The fourth-order valence-electron chi connectivity index (χ4n) is 3.25. The maximum atomic E-state index is 11.2. The Labute approximate surface area is 207 Å². The number of benzene rings is 2. The summed E-state index contributed by atoms with van der Waals surface area (Å²) in [6.07, 6.45) is 0.558. The van der Waals surface area contributed by atoms with Gasteiger partial charge in [-0.25, -0.2) is 4.79 Å². The van der Waals surface area contributed by atoms with Crippen molar-refractivity contribution in [1.29, 1.82) is 0 Å². The highest BCUT2D eigenvalue weighted by molar-refractivity contribution is 7.80. The summed E-state index contributed by atoms with van der Waals surface area (Å²) < 4.78 is 5.76. The molecule has 186 valence electrons. The molecule has 2 aromatic carbocycles. The second-order valence-corrected chi connectivity index (χ2v) is 8.39. The Morgan fingerprint density at radius 3 is 2.26 bits per heavy atom. The number of rotatable bonds is 7. The van der Waals surface area contributed by atoms with Crippen LogP contribution in [0.5, 0.6) is 11.5 Å². The fourth-order valence-corrected chi connectivity index (χ4v) is 3.55. The summed E-state index contributed by atoms with van der Waals surface area (Å²) >= 11 is 4.85. The molecule has 1 saturated heterocycles. The molecule has 1 heterocycles. The number of carbonyl (C=O) groups excluding carboxylic acids is 2. The van der Waals surface area contributed by atoms with Crippen molar-refractivity contribution < 1.29 is 34.1 Å². The summed E-state index contributed by atoms with van der Waals surface area (Å²) in [5, 5.41) is 20.2. The first-order valence-corrected chi connectivity index (χ1v) is 11.0. The van der Waals surface area contributed by atoms with Gasteiger partial charge in [0.25, 0.3) is 0 Å². The smallest absolute Gasteiger partial charge is 0.326 e. The molecule has 2 atom stereocenters.